The van der Waals surface area contributed by atoms with Crippen molar-refractivity contribution in [1.29, 1.82) is 0 Å². The molecule has 0 aliphatic carbocycles. The van der Waals surface area contributed by atoms with E-state index in [1.165, 1.54) is 0 Å². The van der Waals surface area contributed by atoms with Crippen LogP contribution in [0.3, 0.4) is 0 Å². The van der Waals surface area contributed by atoms with Crippen LogP contribution in [-0.4, -0.2) is 38.5 Å². The molecule has 1 nitrogen and oxygen atoms in total. The molecule has 5 heteroatoms. The van der Waals surface area contributed by atoms with Crippen molar-refractivity contribution >= 4 is 7.14 Å². The van der Waals surface area contributed by atoms with E-state index in [2.05, 4.69) is 0 Å². The molecule has 0 N–H and O–H groups in total. The molecule has 0 aromatic rings. The predicted octanol–water partition coefficient (Wildman–Crippen LogP) is 2.26. The monoisotopic (exact) mass is 188 g/mol. The molecule has 0 amide bonds. The molecule has 0 aliphatic heterocycles. The third-order valence-corrected chi connectivity index (χ3v) is 4.43. The van der Waals surface area contributed by atoms with Gasteiger partial charge < -0.3 is 4.57 Å². The van der Waals surface area contributed by atoms with Crippen molar-refractivity contribution in [2.75, 3.05) is 38.5 Å². The predicted molar refractivity (Wildman–Crippen MR) is 40.1 cm³/mol. The molecule has 0 unspecified atom stereocenters. The number of hydrogen-bond acceptors (Lipinski definition) is 1. The van der Waals surface area contributed by atoms with Crippen LogP contribution >= 0.6 is 7.14 Å². The van der Waals surface area contributed by atoms with E-state index in [1.807, 2.05) is 0 Å². The van der Waals surface area contributed by atoms with Crippen LogP contribution in [0.5, 0.6) is 0 Å². The van der Waals surface area contributed by atoms with Gasteiger partial charge >= 0.3 is 0 Å². The summed E-state index contributed by atoms with van der Waals surface area (Å²) >= 11 is 0. The van der Waals surface area contributed by atoms with Crippen LogP contribution in [0, 0.1) is 0 Å². The van der Waals surface area contributed by atoms with Crippen molar-refractivity contribution < 1.29 is 17.7 Å². The van der Waals surface area contributed by atoms with Crippen molar-refractivity contribution in [2.24, 2.45) is 0 Å². The highest BCUT2D eigenvalue weighted by atomic mass is 31.2. The average Bonchev–Trinajstić information content (AvgIpc) is 1.88. The number of alkyl halides is 3. The van der Waals surface area contributed by atoms with Crippen molar-refractivity contribution in [3.63, 3.8) is 0 Å². The Kier molecular flexibility index (Phi) is 5.65. The minimum atomic E-state index is -2.84. The topological polar surface area (TPSA) is 17.1 Å². The van der Waals surface area contributed by atoms with Crippen molar-refractivity contribution in [3.8, 4) is 0 Å². The average molecular weight is 188 g/mol. The lowest BCUT2D eigenvalue weighted by molar-refractivity contribution is 0.487. The SMILES string of the molecule is O=P(CCF)(CCF)CCF. The van der Waals surface area contributed by atoms with E-state index in [0.29, 0.717) is 0 Å². The molecule has 0 rings (SSSR count). The van der Waals surface area contributed by atoms with E-state index in [9.17, 15) is 17.7 Å². The van der Waals surface area contributed by atoms with Gasteiger partial charge in [0.1, 0.15) is 0 Å². The van der Waals surface area contributed by atoms with Crippen LogP contribution in [0.25, 0.3) is 0 Å². The first-order chi connectivity index (χ1) is 5.18. The molecule has 0 aromatic carbocycles. The summed E-state index contributed by atoms with van der Waals surface area (Å²) in [6, 6.07) is 0. The van der Waals surface area contributed by atoms with Crippen LogP contribution in [-0.2, 0) is 4.57 Å². The number of rotatable bonds is 6. The molecular weight excluding hydrogens is 176 g/mol. The minimum Gasteiger partial charge on any atom is -0.323 e. The highest BCUT2D eigenvalue weighted by molar-refractivity contribution is 7.64. The molecule has 0 heterocycles. The van der Waals surface area contributed by atoms with Gasteiger partial charge in [-0.2, -0.15) is 0 Å². The smallest absolute Gasteiger partial charge is 0.0962 e. The third-order valence-electron chi connectivity index (χ3n) is 1.48. The van der Waals surface area contributed by atoms with Gasteiger partial charge in [0.2, 0.25) is 0 Å². The highest BCUT2D eigenvalue weighted by Crippen LogP contribution is 2.44. The Hall–Kier alpha value is 0.0200. The first-order valence-corrected chi connectivity index (χ1v) is 5.70. The van der Waals surface area contributed by atoms with Crippen molar-refractivity contribution in [1.82, 2.24) is 0 Å². The summed E-state index contributed by atoms with van der Waals surface area (Å²) in [5.74, 6) is 0. The molecule has 0 aliphatic rings. The lowest BCUT2D eigenvalue weighted by Gasteiger charge is -2.12. The standard InChI is InChI=1S/C6H12F3OP/c7-1-4-11(10,5-2-8)6-3-9/h1-6H2. The van der Waals surface area contributed by atoms with Gasteiger partial charge in [-0.3, -0.25) is 13.2 Å². The summed E-state index contributed by atoms with van der Waals surface area (Å²) in [6.07, 6.45) is -0.539. The van der Waals surface area contributed by atoms with E-state index in [-0.39, 0.29) is 18.5 Å². The molecule has 68 valence electrons. The fourth-order valence-electron chi connectivity index (χ4n) is 0.797. The fraction of sp³-hybridized carbons (Fsp3) is 1.00. The Balaban J connectivity index is 3.91. The Morgan fingerprint density at radius 1 is 0.818 bits per heavy atom. The van der Waals surface area contributed by atoms with Gasteiger partial charge in [0.25, 0.3) is 0 Å². The number of hydrogen-bond donors (Lipinski definition) is 0. The van der Waals surface area contributed by atoms with E-state index in [0.717, 1.165) is 0 Å². The van der Waals surface area contributed by atoms with Gasteiger partial charge in [0.05, 0.1) is 27.2 Å². The van der Waals surface area contributed by atoms with Crippen LogP contribution in [0.15, 0.2) is 0 Å². The van der Waals surface area contributed by atoms with Crippen LogP contribution in [0.2, 0.25) is 0 Å². The summed E-state index contributed by atoms with van der Waals surface area (Å²) < 4.78 is 46.4. The Labute approximate surface area is 64.4 Å². The second-order valence-electron chi connectivity index (χ2n) is 2.30. The van der Waals surface area contributed by atoms with Gasteiger partial charge in [-0.1, -0.05) is 0 Å². The van der Waals surface area contributed by atoms with Gasteiger partial charge in [0, 0.05) is 18.5 Å². The van der Waals surface area contributed by atoms with Crippen LogP contribution < -0.4 is 0 Å². The molecule has 0 saturated heterocycles. The summed E-state index contributed by atoms with van der Waals surface area (Å²) in [7, 11) is -2.84. The van der Waals surface area contributed by atoms with Crippen LogP contribution in [0.1, 0.15) is 0 Å². The largest absolute Gasteiger partial charge is 0.323 e. The van der Waals surface area contributed by atoms with E-state index >= 15 is 0 Å². The Bertz CT molecular complexity index is 116. The molecule has 0 atom stereocenters. The zero-order valence-corrected chi connectivity index (χ0v) is 7.13. The quantitative estimate of drug-likeness (QED) is 0.584. The van der Waals surface area contributed by atoms with E-state index < -0.39 is 27.2 Å². The van der Waals surface area contributed by atoms with E-state index in [1.54, 1.807) is 0 Å². The maximum atomic E-state index is 11.7. The normalized spacial score (nSPS) is 11.9. The summed E-state index contributed by atoms with van der Waals surface area (Å²) in [4.78, 5) is 0. The summed E-state index contributed by atoms with van der Waals surface area (Å²) in [6.45, 7) is -2.26. The summed E-state index contributed by atoms with van der Waals surface area (Å²) in [5.41, 5.74) is 0. The first kappa shape index (κ1) is 11.0. The minimum absolute atomic E-state index is 0.180. The molecule has 0 spiro atoms. The third kappa shape index (κ3) is 4.46. The zero-order chi connectivity index (χ0) is 8.74. The summed E-state index contributed by atoms with van der Waals surface area (Å²) in [5, 5.41) is 0. The van der Waals surface area contributed by atoms with E-state index in [4.69, 9.17) is 0 Å². The fourth-order valence-corrected chi connectivity index (χ4v) is 2.39. The second-order valence-corrected chi connectivity index (χ2v) is 5.75. The maximum Gasteiger partial charge on any atom is 0.0962 e. The Morgan fingerprint density at radius 3 is 1.27 bits per heavy atom. The molecule has 11 heavy (non-hydrogen) atoms. The highest BCUT2D eigenvalue weighted by Gasteiger charge is 2.20. The lowest BCUT2D eigenvalue weighted by Crippen LogP contribution is -2.04. The second kappa shape index (κ2) is 5.64. The van der Waals surface area contributed by atoms with Crippen LogP contribution in [0.4, 0.5) is 13.2 Å². The molecular formula is C6H12F3OP. The Morgan fingerprint density at radius 2 is 1.09 bits per heavy atom. The molecule has 0 aromatic heterocycles. The van der Waals surface area contributed by atoms with Gasteiger partial charge in [0.15, 0.2) is 0 Å². The molecule has 0 saturated carbocycles. The van der Waals surface area contributed by atoms with Crippen molar-refractivity contribution in [2.45, 2.75) is 0 Å². The molecule has 0 radical (unpaired) electrons. The zero-order valence-electron chi connectivity index (χ0n) is 6.23. The first-order valence-electron chi connectivity index (χ1n) is 3.43. The van der Waals surface area contributed by atoms with Gasteiger partial charge in [-0.05, 0) is 0 Å². The molecule has 0 fully saturated rings. The van der Waals surface area contributed by atoms with Gasteiger partial charge in [-0.25, -0.2) is 0 Å². The lowest BCUT2D eigenvalue weighted by atomic mass is 10.9. The number of halogens is 3. The van der Waals surface area contributed by atoms with Gasteiger partial charge in [-0.15, -0.1) is 0 Å². The maximum absolute atomic E-state index is 11.7. The molecule has 0 bridgehead atoms. The van der Waals surface area contributed by atoms with Crippen molar-refractivity contribution in [3.05, 3.63) is 0 Å².